The summed E-state index contributed by atoms with van der Waals surface area (Å²) in [4.78, 5) is 0. The zero-order chi connectivity index (χ0) is 8.81. The summed E-state index contributed by atoms with van der Waals surface area (Å²) in [6.07, 6.45) is 5.19. The quantitative estimate of drug-likeness (QED) is 0.650. The van der Waals surface area contributed by atoms with Crippen LogP contribution in [0.5, 0.6) is 0 Å². The second kappa shape index (κ2) is 4.42. The van der Waals surface area contributed by atoms with Gasteiger partial charge in [0.15, 0.2) is 0 Å². The van der Waals surface area contributed by atoms with E-state index in [-0.39, 0.29) is 6.61 Å². The largest absolute Gasteiger partial charge is 0.395 e. The first-order chi connectivity index (χ1) is 5.86. The average molecular weight is 161 g/mol. The van der Waals surface area contributed by atoms with Gasteiger partial charge in [-0.2, -0.15) is 0 Å². The third-order valence-corrected chi connectivity index (χ3v) is 1.49. The Morgan fingerprint density at radius 1 is 1.33 bits per heavy atom. The molecular formula is C10H11NO. The highest BCUT2D eigenvalue weighted by molar-refractivity contribution is 5.47. The van der Waals surface area contributed by atoms with E-state index in [0.29, 0.717) is 6.54 Å². The molecule has 0 aliphatic rings. The maximum Gasteiger partial charge on any atom is 0.0604 e. The van der Waals surface area contributed by atoms with Crippen molar-refractivity contribution in [1.82, 2.24) is 0 Å². The summed E-state index contributed by atoms with van der Waals surface area (Å²) in [6, 6.07) is 7.51. The van der Waals surface area contributed by atoms with E-state index in [0.717, 1.165) is 11.3 Å². The molecule has 2 N–H and O–H groups in total. The van der Waals surface area contributed by atoms with Crippen LogP contribution in [0, 0.1) is 12.3 Å². The highest BCUT2D eigenvalue weighted by Crippen LogP contribution is 2.07. The van der Waals surface area contributed by atoms with E-state index >= 15 is 0 Å². The lowest BCUT2D eigenvalue weighted by Crippen LogP contribution is -2.04. The molecule has 0 aliphatic heterocycles. The van der Waals surface area contributed by atoms with Gasteiger partial charge in [-0.1, -0.05) is 5.92 Å². The Balaban J connectivity index is 2.60. The minimum Gasteiger partial charge on any atom is -0.395 e. The third kappa shape index (κ3) is 2.30. The van der Waals surface area contributed by atoms with Crippen molar-refractivity contribution in [2.45, 2.75) is 0 Å². The van der Waals surface area contributed by atoms with Crippen molar-refractivity contribution in [3.8, 4) is 12.3 Å². The molecule has 0 spiro atoms. The van der Waals surface area contributed by atoms with E-state index in [4.69, 9.17) is 11.5 Å². The van der Waals surface area contributed by atoms with Crippen molar-refractivity contribution in [3.63, 3.8) is 0 Å². The number of anilines is 1. The molecular weight excluding hydrogens is 150 g/mol. The van der Waals surface area contributed by atoms with Crippen molar-refractivity contribution in [1.29, 1.82) is 0 Å². The molecule has 62 valence electrons. The van der Waals surface area contributed by atoms with Crippen molar-refractivity contribution >= 4 is 5.69 Å². The van der Waals surface area contributed by atoms with E-state index in [1.54, 1.807) is 0 Å². The molecule has 0 aromatic heterocycles. The van der Waals surface area contributed by atoms with Gasteiger partial charge < -0.3 is 10.4 Å². The molecule has 0 unspecified atom stereocenters. The van der Waals surface area contributed by atoms with Crippen LogP contribution in [0.1, 0.15) is 5.56 Å². The zero-order valence-corrected chi connectivity index (χ0v) is 6.75. The number of benzene rings is 1. The van der Waals surface area contributed by atoms with Crippen LogP contribution in [0.3, 0.4) is 0 Å². The SMILES string of the molecule is C#Cc1ccc(NCCO)cc1. The molecule has 2 nitrogen and oxygen atoms in total. The van der Waals surface area contributed by atoms with Gasteiger partial charge in [-0.25, -0.2) is 0 Å². The Hall–Kier alpha value is -1.46. The van der Waals surface area contributed by atoms with Gasteiger partial charge >= 0.3 is 0 Å². The maximum absolute atomic E-state index is 8.53. The lowest BCUT2D eigenvalue weighted by Gasteiger charge is -2.02. The van der Waals surface area contributed by atoms with Crippen LogP contribution in [0.25, 0.3) is 0 Å². The maximum atomic E-state index is 8.53. The highest BCUT2D eigenvalue weighted by Gasteiger charge is 1.89. The summed E-state index contributed by atoms with van der Waals surface area (Å²) in [5.74, 6) is 2.53. The summed E-state index contributed by atoms with van der Waals surface area (Å²) in [6.45, 7) is 0.701. The Morgan fingerprint density at radius 3 is 2.50 bits per heavy atom. The van der Waals surface area contributed by atoms with Crippen molar-refractivity contribution in [3.05, 3.63) is 29.8 Å². The normalized spacial score (nSPS) is 9.00. The van der Waals surface area contributed by atoms with Gasteiger partial charge in [-0.3, -0.25) is 0 Å². The van der Waals surface area contributed by atoms with Crippen LogP contribution in [-0.2, 0) is 0 Å². The minimum atomic E-state index is 0.136. The summed E-state index contributed by atoms with van der Waals surface area (Å²) < 4.78 is 0. The monoisotopic (exact) mass is 161 g/mol. The van der Waals surface area contributed by atoms with Crippen LogP contribution in [0.4, 0.5) is 5.69 Å². The van der Waals surface area contributed by atoms with E-state index in [1.807, 2.05) is 24.3 Å². The molecule has 1 aromatic carbocycles. The lowest BCUT2D eigenvalue weighted by molar-refractivity contribution is 0.311. The van der Waals surface area contributed by atoms with Crippen LogP contribution in [-0.4, -0.2) is 18.3 Å². The van der Waals surface area contributed by atoms with Crippen LogP contribution >= 0.6 is 0 Å². The molecule has 0 aliphatic carbocycles. The zero-order valence-electron chi connectivity index (χ0n) is 6.75. The summed E-state index contributed by atoms with van der Waals surface area (Å²) in [7, 11) is 0. The summed E-state index contributed by atoms with van der Waals surface area (Å²) in [5, 5.41) is 11.6. The topological polar surface area (TPSA) is 32.3 Å². The summed E-state index contributed by atoms with van der Waals surface area (Å²) >= 11 is 0. The Kier molecular flexibility index (Phi) is 3.18. The second-order valence-electron chi connectivity index (χ2n) is 2.37. The first kappa shape index (κ1) is 8.63. The smallest absolute Gasteiger partial charge is 0.0604 e. The predicted molar refractivity (Wildman–Crippen MR) is 50.0 cm³/mol. The Morgan fingerprint density at radius 2 is 2.00 bits per heavy atom. The molecule has 0 radical (unpaired) electrons. The van der Waals surface area contributed by atoms with E-state index < -0.39 is 0 Å². The fraction of sp³-hybridized carbons (Fsp3) is 0.200. The Labute approximate surface area is 72.2 Å². The number of hydrogen-bond acceptors (Lipinski definition) is 2. The molecule has 0 heterocycles. The van der Waals surface area contributed by atoms with Crippen molar-refractivity contribution < 1.29 is 5.11 Å². The molecule has 12 heavy (non-hydrogen) atoms. The second-order valence-corrected chi connectivity index (χ2v) is 2.37. The molecule has 0 amide bonds. The molecule has 0 saturated heterocycles. The van der Waals surface area contributed by atoms with Crippen molar-refractivity contribution in [2.75, 3.05) is 18.5 Å². The summed E-state index contributed by atoms with van der Waals surface area (Å²) in [5.41, 5.74) is 1.84. The van der Waals surface area contributed by atoms with Gasteiger partial charge in [0, 0.05) is 17.8 Å². The molecule has 2 heteroatoms. The first-order valence-electron chi connectivity index (χ1n) is 3.78. The standard InChI is InChI=1S/C10H11NO/c1-2-9-3-5-10(6-4-9)11-7-8-12/h1,3-6,11-12H,7-8H2. The molecule has 1 aromatic rings. The van der Waals surface area contributed by atoms with E-state index in [1.165, 1.54) is 0 Å². The minimum absolute atomic E-state index is 0.136. The van der Waals surface area contributed by atoms with E-state index in [9.17, 15) is 0 Å². The fourth-order valence-corrected chi connectivity index (χ4v) is 0.885. The van der Waals surface area contributed by atoms with Crippen LogP contribution in [0.2, 0.25) is 0 Å². The highest BCUT2D eigenvalue weighted by atomic mass is 16.3. The van der Waals surface area contributed by atoms with Gasteiger partial charge in [0.05, 0.1) is 6.61 Å². The Bertz CT molecular complexity index is 271. The molecule has 1 rings (SSSR count). The molecule has 0 bridgehead atoms. The molecule has 0 saturated carbocycles. The van der Waals surface area contributed by atoms with E-state index in [2.05, 4.69) is 11.2 Å². The van der Waals surface area contributed by atoms with Gasteiger partial charge in [0.2, 0.25) is 0 Å². The number of terminal acetylenes is 1. The number of hydrogen-bond donors (Lipinski definition) is 2. The number of rotatable bonds is 3. The van der Waals surface area contributed by atoms with Gasteiger partial charge in [0.1, 0.15) is 0 Å². The molecule has 0 atom stereocenters. The lowest BCUT2D eigenvalue weighted by atomic mass is 10.2. The van der Waals surface area contributed by atoms with Crippen molar-refractivity contribution in [2.24, 2.45) is 0 Å². The van der Waals surface area contributed by atoms with Gasteiger partial charge in [-0.15, -0.1) is 6.42 Å². The average Bonchev–Trinajstić information content (AvgIpc) is 2.15. The number of nitrogens with one attached hydrogen (secondary N) is 1. The predicted octanol–water partition coefficient (Wildman–Crippen LogP) is 1.07. The fourth-order valence-electron chi connectivity index (χ4n) is 0.885. The number of aliphatic hydroxyl groups excluding tert-OH is 1. The van der Waals surface area contributed by atoms with Gasteiger partial charge in [0.25, 0.3) is 0 Å². The number of aliphatic hydroxyl groups is 1. The van der Waals surface area contributed by atoms with Gasteiger partial charge in [-0.05, 0) is 24.3 Å². The van der Waals surface area contributed by atoms with Crippen LogP contribution in [0.15, 0.2) is 24.3 Å². The molecule has 0 fully saturated rings. The van der Waals surface area contributed by atoms with Crippen LogP contribution < -0.4 is 5.32 Å². The third-order valence-electron chi connectivity index (χ3n) is 1.49. The first-order valence-corrected chi connectivity index (χ1v) is 3.78.